The Hall–Kier alpha value is -1.12. The van der Waals surface area contributed by atoms with Crippen molar-refractivity contribution in [3.63, 3.8) is 0 Å². The molecule has 1 aromatic carbocycles. The lowest BCUT2D eigenvalue weighted by molar-refractivity contribution is 0.128. The summed E-state index contributed by atoms with van der Waals surface area (Å²) >= 11 is 0. The predicted octanol–water partition coefficient (Wildman–Crippen LogP) is 3.00. The summed E-state index contributed by atoms with van der Waals surface area (Å²) in [6.45, 7) is 3.61. The molecule has 92 valence electrons. The molecule has 0 amide bonds. The minimum atomic E-state index is -2.73. The van der Waals surface area contributed by atoms with Crippen molar-refractivity contribution in [2.45, 2.75) is 19.2 Å². The van der Waals surface area contributed by atoms with Gasteiger partial charge in [0.05, 0.1) is 5.71 Å². The summed E-state index contributed by atoms with van der Waals surface area (Å²) < 4.78 is 17.0. The van der Waals surface area contributed by atoms with Gasteiger partial charge in [-0.3, -0.25) is 4.57 Å². The van der Waals surface area contributed by atoms with Gasteiger partial charge in [-0.25, -0.2) is 0 Å². The van der Waals surface area contributed by atoms with Crippen LogP contribution in [0.25, 0.3) is 0 Å². The van der Waals surface area contributed by atoms with E-state index in [1.54, 1.807) is 6.66 Å². The van der Waals surface area contributed by atoms with E-state index in [4.69, 9.17) is 9.36 Å². The highest BCUT2D eigenvalue weighted by Crippen LogP contribution is 2.51. The van der Waals surface area contributed by atoms with Crippen LogP contribution in [0.1, 0.15) is 17.5 Å². The molecule has 0 N–H and O–H groups in total. The fourth-order valence-corrected chi connectivity index (χ4v) is 2.61. The molecule has 1 aliphatic heterocycles. The van der Waals surface area contributed by atoms with E-state index in [-0.39, 0.29) is 0 Å². The van der Waals surface area contributed by atoms with Gasteiger partial charge < -0.3 is 9.36 Å². The smallest absolute Gasteiger partial charge is 0.242 e. The van der Waals surface area contributed by atoms with Crippen molar-refractivity contribution in [3.8, 4) is 0 Å². The van der Waals surface area contributed by atoms with Crippen molar-refractivity contribution in [3.05, 3.63) is 35.4 Å². The Morgan fingerprint density at radius 3 is 2.65 bits per heavy atom. The summed E-state index contributed by atoms with van der Waals surface area (Å²) in [4.78, 5) is 5.21. The Morgan fingerprint density at radius 1 is 1.41 bits per heavy atom. The molecular weight excluding hydrogens is 237 g/mol. The summed E-state index contributed by atoms with van der Waals surface area (Å²) in [5.74, 6) is -0.455. The molecule has 2 atom stereocenters. The average molecular weight is 253 g/mol. The van der Waals surface area contributed by atoms with Gasteiger partial charge in [-0.1, -0.05) is 35.0 Å². The molecule has 0 radical (unpaired) electrons. The molecule has 2 unspecified atom stereocenters. The molecule has 17 heavy (non-hydrogen) atoms. The molecule has 1 aromatic rings. The first-order chi connectivity index (χ1) is 8.03. The van der Waals surface area contributed by atoms with E-state index in [0.29, 0.717) is 6.42 Å². The second-order valence-electron chi connectivity index (χ2n) is 4.26. The van der Waals surface area contributed by atoms with Crippen LogP contribution in [0.5, 0.6) is 0 Å². The molecule has 0 aliphatic carbocycles. The van der Waals surface area contributed by atoms with E-state index >= 15 is 0 Å². The van der Waals surface area contributed by atoms with Crippen molar-refractivity contribution >= 4 is 13.1 Å². The molecule has 0 bridgehead atoms. The van der Waals surface area contributed by atoms with Crippen LogP contribution < -0.4 is 0 Å². The van der Waals surface area contributed by atoms with Crippen molar-refractivity contribution in [2.75, 3.05) is 13.8 Å². The maximum atomic E-state index is 12.0. The Labute approximate surface area is 101 Å². The lowest BCUT2D eigenvalue weighted by Gasteiger charge is -2.15. The number of aryl methyl sites for hydroxylation is 1. The van der Waals surface area contributed by atoms with Gasteiger partial charge in [-0.05, 0) is 12.5 Å². The van der Waals surface area contributed by atoms with E-state index in [2.05, 4.69) is 5.16 Å². The van der Waals surface area contributed by atoms with Crippen LogP contribution in [-0.2, 0) is 13.9 Å². The minimum absolute atomic E-state index is 0.455. The normalized spacial score (nSPS) is 22.8. The zero-order chi connectivity index (χ0) is 12.5. The third-order valence-electron chi connectivity index (χ3n) is 2.92. The highest BCUT2D eigenvalue weighted by Gasteiger charge is 2.36. The van der Waals surface area contributed by atoms with Crippen LogP contribution in [0.3, 0.4) is 0 Å². The summed E-state index contributed by atoms with van der Waals surface area (Å²) in [5.41, 5.74) is 3.03. The molecule has 4 nitrogen and oxygen atoms in total. The van der Waals surface area contributed by atoms with Crippen LogP contribution >= 0.6 is 7.37 Å². The van der Waals surface area contributed by atoms with Crippen molar-refractivity contribution < 1.29 is 13.9 Å². The van der Waals surface area contributed by atoms with Crippen molar-refractivity contribution in [1.82, 2.24) is 0 Å². The maximum Gasteiger partial charge on any atom is 0.242 e. The quantitative estimate of drug-likeness (QED) is 0.778. The third kappa shape index (κ3) is 2.59. The van der Waals surface area contributed by atoms with E-state index in [1.807, 2.05) is 31.2 Å². The van der Waals surface area contributed by atoms with Gasteiger partial charge in [0, 0.05) is 20.2 Å². The summed E-state index contributed by atoms with van der Waals surface area (Å²) in [6, 6.07) is 8.03. The number of nitrogens with zero attached hydrogens (tertiary/aromatic N) is 1. The Morgan fingerprint density at radius 2 is 2.06 bits per heavy atom. The number of benzene rings is 1. The summed E-state index contributed by atoms with van der Waals surface area (Å²) in [7, 11) is -1.29. The fourth-order valence-electron chi connectivity index (χ4n) is 1.65. The number of rotatable bonds is 3. The largest absolute Gasteiger partial charge is 0.381 e. The Kier molecular flexibility index (Phi) is 3.36. The van der Waals surface area contributed by atoms with Gasteiger partial charge in [0.25, 0.3) is 0 Å². The maximum absolute atomic E-state index is 12.0. The lowest BCUT2D eigenvalue weighted by atomic mass is 10.1. The first-order valence-corrected chi connectivity index (χ1v) is 7.59. The van der Waals surface area contributed by atoms with Gasteiger partial charge in [0.1, 0.15) is 0 Å². The molecule has 5 heteroatoms. The fraction of sp³-hybridized carbons (Fsp3) is 0.417. The molecule has 0 saturated carbocycles. The SMILES string of the molecule is COP(C)(=O)C1CC(c2ccc(C)cc2)=NO1. The van der Waals surface area contributed by atoms with Gasteiger partial charge >= 0.3 is 0 Å². The molecule has 2 rings (SSSR count). The third-order valence-corrected chi connectivity index (χ3v) is 4.97. The second kappa shape index (κ2) is 4.63. The molecule has 0 saturated heterocycles. The van der Waals surface area contributed by atoms with Crippen LogP contribution in [0.15, 0.2) is 29.4 Å². The highest BCUT2D eigenvalue weighted by molar-refractivity contribution is 7.58. The van der Waals surface area contributed by atoms with Crippen LogP contribution in [0.2, 0.25) is 0 Å². The van der Waals surface area contributed by atoms with Gasteiger partial charge in [-0.2, -0.15) is 0 Å². The summed E-state index contributed by atoms with van der Waals surface area (Å²) in [6.07, 6.45) is 0.532. The van der Waals surface area contributed by atoms with Crippen molar-refractivity contribution in [1.29, 1.82) is 0 Å². The zero-order valence-electron chi connectivity index (χ0n) is 10.2. The summed E-state index contributed by atoms with van der Waals surface area (Å²) in [5, 5.41) is 4.00. The highest BCUT2D eigenvalue weighted by atomic mass is 31.2. The number of hydrogen-bond donors (Lipinski definition) is 0. The Balaban J connectivity index is 2.12. The predicted molar refractivity (Wildman–Crippen MR) is 67.7 cm³/mol. The first kappa shape index (κ1) is 12.3. The second-order valence-corrected chi connectivity index (χ2v) is 7.02. The topological polar surface area (TPSA) is 47.9 Å². The van der Waals surface area contributed by atoms with Crippen LogP contribution in [0, 0.1) is 6.92 Å². The van der Waals surface area contributed by atoms with Gasteiger partial charge in [0.15, 0.2) is 0 Å². The average Bonchev–Trinajstić information content (AvgIpc) is 2.80. The molecule has 1 aliphatic rings. The molecule has 0 spiro atoms. The number of oxime groups is 1. The molecule has 1 heterocycles. The molecule has 0 aromatic heterocycles. The van der Waals surface area contributed by atoms with E-state index in [1.165, 1.54) is 12.7 Å². The van der Waals surface area contributed by atoms with Gasteiger partial charge in [0.2, 0.25) is 13.2 Å². The van der Waals surface area contributed by atoms with E-state index in [0.717, 1.165) is 11.3 Å². The molecular formula is C12H16NO3P. The Bertz CT molecular complexity index is 481. The van der Waals surface area contributed by atoms with Crippen LogP contribution in [0.4, 0.5) is 0 Å². The van der Waals surface area contributed by atoms with Gasteiger partial charge in [-0.15, -0.1) is 0 Å². The number of hydrogen-bond acceptors (Lipinski definition) is 4. The standard InChI is InChI=1S/C12H16NO3P/c1-9-4-6-10(7-5-9)11-8-12(16-13-11)17(3,14)15-2/h4-7,12H,8H2,1-3H3. The minimum Gasteiger partial charge on any atom is -0.381 e. The van der Waals surface area contributed by atoms with Crippen LogP contribution in [-0.4, -0.2) is 25.3 Å². The van der Waals surface area contributed by atoms with E-state index < -0.39 is 13.2 Å². The zero-order valence-corrected chi connectivity index (χ0v) is 11.1. The molecule has 0 fully saturated rings. The monoisotopic (exact) mass is 253 g/mol. The lowest BCUT2D eigenvalue weighted by Crippen LogP contribution is -2.09. The first-order valence-electron chi connectivity index (χ1n) is 5.45. The van der Waals surface area contributed by atoms with Crippen molar-refractivity contribution in [2.24, 2.45) is 5.16 Å². The van der Waals surface area contributed by atoms with E-state index in [9.17, 15) is 4.57 Å².